The van der Waals surface area contributed by atoms with Crippen molar-refractivity contribution in [1.82, 2.24) is 5.32 Å². The van der Waals surface area contributed by atoms with Crippen LogP contribution in [-0.4, -0.2) is 43.2 Å². The van der Waals surface area contributed by atoms with E-state index in [1.807, 2.05) is 20.8 Å². The first kappa shape index (κ1) is 19.2. The number of alkyl carbamates (subject to hydrolysis) is 1. The van der Waals surface area contributed by atoms with Gasteiger partial charge in [0.25, 0.3) is 0 Å². The molecule has 20 heavy (non-hydrogen) atoms. The Kier molecular flexibility index (Phi) is 9.59. The van der Waals surface area contributed by atoms with Crippen LogP contribution in [0, 0.1) is 11.8 Å². The minimum absolute atomic E-state index is 0.00145. The van der Waals surface area contributed by atoms with Gasteiger partial charge in [-0.2, -0.15) is 0 Å². The third-order valence-electron chi connectivity index (χ3n) is 2.70. The van der Waals surface area contributed by atoms with Crippen molar-refractivity contribution in [1.29, 1.82) is 0 Å². The number of amides is 1. The Morgan fingerprint density at radius 1 is 1.20 bits per heavy atom. The average molecular weight is 289 g/mol. The smallest absolute Gasteiger partial charge is 0.407 e. The van der Waals surface area contributed by atoms with Gasteiger partial charge in [0, 0.05) is 32.3 Å². The fourth-order valence-corrected chi connectivity index (χ4v) is 1.47. The Labute approximate surface area is 123 Å². The van der Waals surface area contributed by atoms with E-state index in [9.17, 15) is 9.90 Å². The van der Waals surface area contributed by atoms with Crippen molar-refractivity contribution in [2.24, 2.45) is 11.8 Å². The molecule has 0 heterocycles. The van der Waals surface area contributed by atoms with Crippen LogP contribution in [-0.2, 0) is 9.47 Å². The van der Waals surface area contributed by atoms with Crippen LogP contribution in [0.15, 0.2) is 0 Å². The number of carbonyl (C=O) groups excluding carboxylic acids is 1. The summed E-state index contributed by atoms with van der Waals surface area (Å²) in [6, 6.07) is 0. The zero-order chi connectivity index (χ0) is 15.6. The Morgan fingerprint density at radius 3 is 2.30 bits per heavy atom. The molecule has 0 aliphatic heterocycles. The number of rotatable bonds is 9. The Hall–Kier alpha value is -0.810. The molecule has 0 aromatic carbocycles. The highest BCUT2D eigenvalue weighted by Crippen LogP contribution is 2.07. The average Bonchev–Trinajstić information content (AvgIpc) is 2.30. The maximum Gasteiger partial charge on any atom is 0.407 e. The summed E-state index contributed by atoms with van der Waals surface area (Å²) in [5.74, 6) is 0.638. The third kappa shape index (κ3) is 12.2. The van der Waals surface area contributed by atoms with Crippen LogP contribution < -0.4 is 5.32 Å². The minimum atomic E-state index is -0.501. The largest absolute Gasteiger partial charge is 0.444 e. The Balaban J connectivity index is 3.73. The number of ether oxygens (including phenoxy) is 2. The van der Waals surface area contributed by atoms with E-state index in [4.69, 9.17) is 9.47 Å². The molecular formula is C15H31NO4. The first-order chi connectivity index (χ1) is 9.24. The summed E-state index contributed by atoms with van der Waals surface area (Å²) >= 11 is 0. The van der Waals surface area contributed by atoms with Gasteiger partial charge in [0.1, 0.15) is 5.60 Å². The van der Waals surface area contributed by atoms with Crippen molar-refractivity contribution in [3.8, 4) is 0 Å². The molecule has 0 radical (unpaired) electrons. The van der Waals surface area contributed by atoms with Crippen molar-refractivity contribution in [2.75, 3.05) is 26.4 Å². The van der Waals surface area contributed by atoms with Crippen LogP contribution in [0.5, 0.6) is 0 Å². The van der Waals surface area contributed by atoms with Gasteiger partial charge in [-0.3, -0.25) is 0 Å². The first-order valence-electron chi connectivity index (χ1n) is 7.40. The molecule has 1 atom stereocenters. The van der Waals surface area contributed by atoms with Crippen LogP contribution >= 0.6 is 0 Å². The number of aliphatic hydroxyl groups excluding tert-OH is 1. The molecule has 5 nitrogen and oxygen atoms in total. The second kappa shape index (κ2) is 10.00. The highest BCUT2D eigenvalue weighted by atomic mass is 16.6. The van der Waals surface area contributed by atoms with Crippen LogP contribution in [0.1, 0.15) is 47.5 Å². The van der Waals surface area contributed by atoms with Gasteiger partial charge in [-0.15, -0.1) is 0 Å². The Morgan fingerprint density at radius 2 is 1.80 bits per heavy atom. The second-order valence-corrected chi connectivity index (χ2v) is 6.51. The molecule has 1 unspecified atom stereocenters. The SMILES string of the molecule is CC(C)CCOCCC(CO)CNC(=O)OC(C)(C)C. The highest BCUT2D eigenvalue weighted by molar-refractivity contribution is 5.67. The predicted molar refractivity (Wildman–Crippen MR) is 79.7 cm³/mol. The van der Waals surface area contributed by atoms with Gasteiger partial charge in [-0.25, -0.2) is 4.79 Å². The minimum Gasteiger partial charge on any atom is -0.444 e. The Bertz CT molecular complexity index is 261. The quantitative estimate of drug-likeness (QED) is 0.640. The lowest BCUT2D eigenvalue weighted by Crippen LogP contribution is -2.36. The maximum atomic E-state index is 11.5. The van der Waals surface area contributed by atoms with Gasteiger partial charge >= 0.3 is 6.09 Å². The normalized spacial score (nSPS) is 13.3. The predicted octanol–water partition coefficient (Wildman–Crippen LogP) is 2.57. The number of nitrogens with one attached hydrogen (secondary N) is 1. The molecule has 1 amide bonds. The van der Waals surface area contributed by atoms with Gasteiger partial charge in [0.15, 0.2) is 0 Å². The van der Waals surface area contributed by atoms with Gasteiger partial charge in [0.2, 0.25) is 0 Å². The van der Waals surface area contributed by atoms with Crippen molar-refractivity contribution in [3.05, 3.63) is 0 Å². The fraction of sp³-hybridized carbons (Fsp3) is 0.933. The zero-order valence-electron chi connectivity index (χ0n) is 13.6. The van der Waals surface area contributed by atoms with Crippen molar-refractivity contribution >= 4 is 6.09 Å². The van der Waals surface area contributed by atoms with Crippen LogP contribution in [0.25, 0.3) is 0 Å². The summed E-state index contributed by atoms with van der Waals surface area (Å²) in [5, 5.41) is 11.9. The van der Waals surface area contributed by atoms with Gasteiger partial charge in [-0.05, 0) is 39.5 Å². The number of carbonyl (C=O) groups is 1. The van der Waals surface area contributed by atoms with Gasteiger partial charge < -0.3 is 19.9 Å². The molecule has 5 heteroatoms. The second-order valence-electron chi connectivity index (χ2n) is 6.51. The van der Waals surface area contributed by atoms with E-state index in [0.29, 0.717) is 19.1 Å². The molecule has 120 valence electrons. The van der Waals surface area contributed by atoms with Gasteiger partial charge in [-0.1, -0.05) is 13.8 Å². The number of aliphatic hydroxyl groups is 1. The van der Waals surface area contributed by atoms with Crippen LogP contribution in [0.4, 0.5) is 4.79 Å². The molecule has 0 aliphatic rings. The number of hydrogen-bond acceptors (Lipinski definition) is 4. The van der Waals surface area contributed by atoms with E-state index in [0.717, 1.165) is 19.4 Å². The molecule has 0 saturated carbocycles. The molecule has 0 aromatic heterocycles. The third-order valence-corrected chi connectivity index (χ3v) is 2.70. The van der Waals surface area contributed by atoms with Crippen molar-refractivity contribution in [3.63, 3.8) is 0 Å². The summed E-state index contributed by atoms with van der Waals surface area (Å²) in [6.07, 6.45) is 1.32. The van der Waals surface area contributed by atoms with Crippen LogP contribution in [0.3, 0.4) is 0 Å². The lowest BCUT2D eigenvalue weighted by atomic mass is 10.1. The number of hydrogen-bond donors (Lipinski definition) is 2. The molecule has 0 fully saturated rings. The summed E-state index contributed by atoms with van der Waals surface area (Å²) in [4.78, 5) is 11.5. The maximum absolute atomic E-state index is 11.5. The molecule has 0 spiro atoms. The van der Waals surface area contributed by atoms with E-state index >= 15 is 0 Å². The molecule has 0 aliphatic carbocycles. The van der Waals surface area contributed by atoms with E-state index in [1.54, 1.807) is 0 Å². The highest BCUT2D eigenvalue weighted by Gasteiger charge is 2.17. The summed E-state index contributed by atoms with van der Waals surface area (Å²) in [6.45, 7) is 11.6. The van der Waals surface area contributed by atoms with E-state index in [1.165, 1.54) is 0 Å². The summed E-state index contributed by atoms with van der Waals surface area (Å²) in [5.41, 5.74) is -0.501. The molecular weight excluding hydrogens is 258 g/mol. The lowest BCUT2D eigenvalue weighted by molar-refractivity contribution is 0.0498. The van der Waals surface area contributed by atoms with Gasteiger partial charge in [0.05, 0.1) is 0 Å². The standard InChI is InChI=1S/C15H31NO4/c1-12(2)6-8-19-9-7-13(11-17)10-16-14(18)20-15(3,4)5/h12-13,17H,6-11H2,1-5H3,(H,16,18). The lowest BCUT2D eigenvalue weighted by Gasteiger charge is -2.21. The molecule has 0 bridgehead atoms. The monoisotopic (exact) mass is 289 g/mol. The zero-order valence-corrected chi connectivity index (χ0v) is 13.6. The summed E-state index contributed by atoms with van der Waals surface area (Å²) in [7, 11) is 0. The molecule has 0 aromatic rings. The van der Waals surface area contributed by atoms with E-state index in [2.05, 4.69) is 19.2 Å². The fourth-order valence-electron chi connectivity index (χ4n) is 1.47. The van der Waals surface area contributed by atoms with Crippen LogP contribution in [0.2, 0.25) is 0 Å². The first-order valence-corrected chi connectivity index (χ1v) is 7.40. The van der Waals surface area contributed by atoms with Crippen molar-refractivity contribution in [2.45, 2.75) is 53.1 Å². The topological polar surface area (TPSA) is 67.8 Å². The summed E-state index contributed by atoms with van der Waals surface area (Å²) < 4.78 is 10.6. The molecule has 0 rings (SSSR count). The molecule has 2 N–H and O–H groups in total. The van der Waals surface area contributed by atoms with E-state index < -0.39 is 11.7 Å². The van der Waals surface area contributed by atoms with E-state index in [-0.39, 0.29) is 12.5 Å². The molecule has 0 saturated heterocycles. The van der Waals surface area contributed by atoms with Crippen molar-refractivity contribution < 1.29 is 19.4 Å².